The van der Waals surface area contributed by atoms with Crippen molar-refractivity contribution in [2.75, 3.05) is 6.61 Å². The molecule has 0 radical (unpaired) electrons. The van der Waals surface area contributed by atoms with Crippen LogP contribution in [-0.4, -0.2) is 34.4 Å². The molecule has 0 aliphatic rings. The van der Waals surface area contributed by atoms with Gasteiger partial charge in [0, 0.05) is 6.54 Å². The number of fused-ring (bicyclic) bond motifs is 1. The second kappa shape index (κ2) is 8.97. The average molecular weight is 563 g/mol. The number of nitrogens with zero attached hydrogens (tertiary/aromatic N) is 4. The summed E-state index contributed by atoms with van der Waals surface area (Å²) in [5.74, 6) is 0. The molecule has 0 atom stereocenters. The van der Waals surface area contributed by atoms with Crippen molar-refractivity contribution in [1.29, 1.82) is 0 Å². The van der Waals surface area contributed by atoms with Crippen LogP contribution in [0.2, 0.25) is 10.3 Å². The first-order valence-corrected chi connectivity index (χ1v) is 13.5. The third-order valence-electron chi connectivity index (χ3n) is 5.47. The number of imidazole rings is 1. The zero-order chi connectivity index (χ0) is 22.1. The summed E-state index contributed by atoms with van der Waals surface area (Å²) in [5.41, 5.74) is 1.49. The van der Waals surface area contributed by atoms with Crippen molar-refractivity contribution >= 4 is 64.0 Å². The van der Waals surface area contributed by atoms with Crippen molar-refractivity contribution in [1.82, 2.24) is 19.5 Å². The fourth-order valence-corrected chi connectivity index (χ4v) is 9.78. The van der Waals surface area contributed by atoms with Crippen LogP contribution in [-0.2, 0) is 11.0 Å². The molecule has 5 nitrogen and oxygen atoms in total. The Morgan fingerprint density at radius 1 is 0.968 bits per heavy atom. The minimum atomic E-state index is -2.56. The largest absolute Gasteiger partial charge is 0.406 e. The number of hydrogen-bond donors (Lipinski definition) is 0. The second-order valence-corrected chi connectivity index (χ2v) is 14.1. The van der Waals surface area contributed by atoms with Gasteiger partial charge in [-0.3, -0.25) is 0 Å². The van der Waals surface area contributed by atoms with Gasteiger partial charge in [-0.25, -0.2) is 9.97 Å². The Hall–Kier alpha value is -1.81. The molecule has 0 amide bonds. The highest BCUT2D eigenvalue weighted by Crippen LogP contribution is 2.36. The Labute approximate surface area is 202 Å². The molecule has 0 saturated carbocycles. The third-order valence-corrected chi connectivity index (χ3v) is 11.4. The van der Waals surface area contributed by atoms with Gasteiger partial charge in [0.25, 0.3) is 8.32 Å². The Bertz CT molecular complexity index is 1140. The van der Waals surface area contributed by atoms with E-state index in [0.717, 1.165) is 9.22 Å². The van der Waals surface area contributed by atoms with Crippen molar-refractivity contribution in [3.8, 4) is 0 Å². The van der Waals surface area contributed by atoms with Gasteiger partial charge in [-0.15, -0.1) is 0 Å². The van der Waals surface area contributed by atoms with Gasteiger partial charge in [0.15, 0.2) is 5.65 Å². The molecule has 2 aromatic carbocycles. The van der Waals surface area contributed by atoms with Crippen LogP contribution < -0.4 is 10.4 Å². The van der Waals surface area contributed by atoms with Crippen molar-refractivity contribution in [3.05, 3.63) is 76.0 Å². The van der Waals surface area contributed by atoms with Gasteiger partial charge in [-0.1, -0.05) is 81.4 Å². The maximum atomic E-state index is 6.97. The molecule has 2 heterocycles. The quantitative estimate of drug-likeness (QED) is 0.148. The highest BCUT2D eigenvalue weighted by Gasteiger charge is 2.50. The summed E-state index contributed by atoms with van der Waals surface area (Å²) in [4.78, 5) is 12.9. The molecule has 0 saturated heterocycles. The van der Waals surface area contributed by atoms with E-state index in [1.165, 1.54) is 10.4 Å². The lowest BCUT2D eigenvalue weighted by molar-refractivity contribution is 0.282. The third kappa shape index (κ3) is 4.28. The molecule has 0 aliphatic carbocycles. The summed E-state index contributed by atoms with van der Waals surface area (Å²) < 4.78 is 9.81. The summed E-state index contributed by atoms with van der Waals surface area (Å²) in [6, 6.07) is 21.3. The fraction of sp³-hybridized carbons (Fsp3) is 0.261. The SMILES string of the molecule is CC(C)(C)[Si](OCCn1cnc2nc(Cl)nc(I)c21)(c1ccccc1)c1ccccc1. The zero-order valence-corrected chi connectivity index (χ0v) is 21.6. The Kier molecular flexibility index (Phi) is 6.48. The van der Waals surface area contributed by atoms with Gasteiger partial charge in [0.1, 0.15) is 9.22 Å². The van der Waals surface area contributed by atoms with E-state index in [2.05, 4.69) is 119 Å². The molecule has 8 heteroatoms. The first-order valence-electron chi connectivity index (χ1n) is 10.1. The van der Waals surface area contributed by atoms with E-state index >= 15 is 0 Å². The normalized spacial score (nSPS) is 12.4. The molecule has 0 unspecified atom stereocenters. The first-order chi connectivity index (χ1) is 14.8. The molecule has 0 bridgehead atoms. The second-order valence-electron chi connectivity index (χ2n) is 8.41. The van der Waals surface area contributed by atoms with E-state index in [4.69, 9.17) is 16.0 Å². The Morgan fingerprint density at radius 2 is 1.55 bits per heavy atom. The standard InChI is InChI=1S/C23H24ClIN4OSi/c1-23(2,3)31(17-10-6-4-7-11-17,18-12-8-5-9-13-18)30-15-14-29-16-26-21-19(29)20(25)27-22(24)28-21/h4-13,16H,14-15H2,1-3H3. The average Bonchev–Trinajstić information content (AvgIpc) is 3.14. The van der Waals surface area contributed by atoms with Crippen molar-refractivity contribution in [2.24, 2.45) is 0 Å². The van der Waals surface area contributed by atoms with Crippen LogP contribution in [0.4, 0.5) is 0 Å². The molecule has 0 fully saturated rings. The lowest BCUT2D eigenvalue weighted by Crippen LogP contribution is -2.66. The molecule has 4 rings (SSSR count). The van der Waals surface area contributed by atoms with E-state index in [0.29, 0.717) is 18.8 Å². The first kappa shape index (κ1) is 22.4. The number of rotatable bonds is 6. The summed E-state index contributed by atoms with van der Waals surface area (Å²) in [6.45, 7) is 8.05. The van der Waals surface area contributed by atoms with Gasteiger partial charge in [-0.05, 0) is 49.6 Å². The Morgan fingerprint density at radius 3 is 2.10 bits per heavy atom. The van der Waals surface area contributed by atoms with Crippen molar-refractivity contribution in [3.63, 3.8) is 0 Å². The van der Waals surface area contributed by atoms with Crippen molar-refractivity contribution in [2.45, 2.75) is 32.4 Å². The molecular weight excluding hydrogens is 539 g/mol. The Balaban J connectivity index is 1.71. The number of hydrogen-bond acceptors (Lipinski definition) is 4. The molecule has 0 spiro atoms. The predicted octanol–water partition coefficient (Wildman–Crippen LogP) is 4.66. The monoisotopic (exact) mass is 562 g/mol. The summed E-state index contributed by atoms with van der Waals surface area (Å²) in [6.07, 6.45) is 1.78. The number of benzene rings is 2. The maximum Gasteiger partial charge on any atom is 0.261 e. The summed E-state index contributed by atoms with van der Waals surface area (Å²) in [7, 11) is -2.56. The van der Waals surface area contributed by atoms with Gasteiger partial charge in [0.2, 0.25) is 5.28 Å². The predicted molar refractivity (Wildman–Crippen MR) is 137 cm³/mol. The van der Waals surface area contributed by atoms with Crippen molar-refractivity contribution < 1.29 is 4.43 Å². The smallest absolute Gasteiger partial charge is 0.261 e. The van der Waals surface area contributed by atoms with Crippen LogP contribution in [0.25, 0.3) is 11.2 Å². The molecular formula is C23H24ClIN4OSi. The maximum absolute atomic E-state index is 6.97. The minimum Gasteiger partial charge on any atom is -0.406 e. The van der Waals surface area contributed by atoms with Crippen LogP contribution >= 0.6 is 34.2 Å². The van der Waals surface area contributed by atoms with E-state index < -0.39 is 8.32 Å². The summed E-state index contributed by atoms with van der Waals surface area (Å²) in [5, 5.41) is 2.70. The van der Waals surface area contributed by atoms with Crippen LogP contribution in [0, 0.1) is 3.70 Å². The van der Waals surface area contributed by atoms with Crippen LogP contribution in [0.3, 0.4) is 0 Å². The van der Waals surface area contributed by atoms with Gasteiger partial charge in [0.05, 0.1) is 12.9 Å². The van der Waals surface area contributed by atoms with Crippen LogP contribution in [0.1, 0.15) is 20.8 Å². The summed E-state index contributed by atoms with van der Waals surface area (Å²) >= 11 is 8.16. The van der Waals surface area contributed by atoms with E-state index in [-0.39, 0.29) is 10.3 Å². The highest BCUT2D eigenvalue weighted by molar-refractivity contribution is 14.1. The molecule has 2 aromatic heterocycles. The van der Waals surface area contributed by atoms with Gasteiger partial charge < -0.3 is 8.99 Å². The molecule has 0 aliphatic heterocycles. The fourth-order valence-electron chi connectivity index (χ4n) is 4.14. The number of halogens is 2. The topological polar surface area (TPSA) is 52.8 Å². The van der Waals surface area contributed by atoms with Crippen LogP contribution in [0.5, 0.6) is 0 Å². The lowest BCUT2D eigenvalue weighted by atomic mass is 10.2. The highest BCUT2D eigenvalue weighted by atomic mass is 127. The molecule has 0 N–H and O–H groups in total. The van der Waals surface area contributed by atoms with E-state index in [1.807, 2.05) is 4.57 Å². The minimum absolute atomic E-state index is 0.0578. The van der Waals surface area contributed by atoms with Gasteiger partial charge >= 0.3 is 0 Å². The van der Waals surface area contributed by atoms with Crippen LogP contribution in [0.15, 0.2) is 67.0 Å². The molecule has 31 heavy (non-hydrogen) atoms. The zero-order valence-electron chi connectivity index (χ0n) is 17.7. The molecule has 4 aromatic rings. The van der Waals surface area contributed by atoms with E-state index in [9.17, 15) is 0 Å². The van der Waals surface area contributed by atoms with Gasteiger partial charge in [-0.2, -0.15) is 4.98 Å². The molecule has 160 valence electrons. The number of aromatic nitrogens is 4. The van der Waals surface area contributed by atoms with E-state index in [1.54, 1.807) is 6.33 Å². The lowest BCUT2D eigenvalue weighted by Gasteiger charge is -2.43.